The van der Waals surface area contributed by atoms with Gasteiger partial charge < -0.3 is 9.80 Å². The molecule has 2 heterocycles. The number of likely N-dealkylation sites (tertiary alicyclic amines) is 2. The van der Waals surface area contributed by atoms with Crippen LogP contribution in [0.5, 0.6) is 0 Å². The van der Waals surface area contributed by atoms with E-state index in [4.69, 9.17) is 23.2 Å². The summed E-state index contributed by atoms with van der Waals surface area (Å²) in [6.45, 7) is 11.0. The lowest BCUT2D eigenvalue weighted by Crippen LogP contribution is -2.33. The van der Waals surface area contributed by atoms with Gasteiger partial charge in [0.15, 0.2) is 0 Å². The molecule has 0 aromatic heterocycles. The Hall–Kier alpha value is -1.20. The Labute approximate surface area is 207 Å². The molecule has 2 aromatic rings. The standard InChI is InChI=1S/C14H19ClFN.C13H17ClFN/c1-2-8-17-9-6-11(7-10-17)12-4-3-5-13(16)14(12)15;1-2-16-8-6-10(7-9-16)11-4-3-5-12(15)13(11)14/h3-5,11H,2,6-10H2,1H3;3-5,10H,2,6-9H2,1H3. The number of hydrogen-bond acceptors (Lipinski definition) is 2. The molecule has 0 unspecified atom stereocenters. The molecule has 0 N–H and O–H groups in total. The summed E-state index contributed by atoms with van der Waals surface area (Å²) < 4.78 is 26.7. The number of nitrogens with zero attached hydrogens (tertiary/aromatic N) is 2. The first kappa shape index (κ1) is 26.4. The third kappa shape index (κ3) is 7.14. The largest absolute Gasteiger partial charge is 0.304 e. The summed E-state index contributed by atoms with van der Waals surface area (Å²) in [4.78, 5) is 4.90. The van der Waals surface area contributed by atoms with E-state index in [9.17, 15) is 8.78 Å². The number of hydrogen-bond donors (Lipinski definition) is 0. The van der Waals surface area contributed by atoms with E-state index in [1.807, 2.05) is 12.1 Å². The van der Waals surface area contributed by atoms with Crippen LogP contribution in [0, 0.1) is 11.6 Å². The summed E-state index contributed by atoms with van der Waals surface area (Å²) in [7, 11) is 0. The van der Waals surface area contributed by atoms with Gasteiger partial charge in [0.25, 0.3) is 0 Å². The van der Waals surface area contributed by atoms with Crippen molar-refractivity contribution in [2.24, 2.45) is 0 Å². The molecule has 0 atom stereocenters. The van der Waals surface area contributed by atoms with Crippen molar-refractivity contribution < 1.29 is 8.78 Å². The highest BCUT2D eigenvalue weighted by Crippen LogP contribution is 2.35. The van der Waals surface area contributed by atoms with Gasteiger partial charge in [-0.1, -0.05) is 61.3 Å². The third-order valence-corrected chi connectivity index (χ3v) is 7.80. The first-order valence-corrected chi connectivity index (χ1v) is 13.0. The van der Waals surface area contributed by atoms with Crippen molar-refractivity contribution in [3.8, 4) is 0 Å². The van der Waals surface area contributed by atoms with Crippen LogP contribution in [0.1, 0.15) is 68.9 Å². The molecule has 0 amide bonds. The van der Waals surface area contributed by atoms with Crippen molar-refractivity contribution in [2.75, 3.05) is 39.3 Å². The molecule has 2 saturated heterocycles. The van der Waals surface area contributed by atoms with Gasteiger partial charge >= 0.3 is 0 Å². The van der Waals surface area contributed by atoms with Crippen LogP contribution in [0.3, 0.4) is 0 Å². The molecule has 2 fully saturated rings. The van der Waals surface area contributed by atoms with Gasteiger partial charge in [-0.05, 0) is 106 Å². The lowest BCUT2D eigenvalue weighted by Gasteiger charge is -2.32. The van der Waals surface area contributed by atoms with Crippen LogP contribution < -0.4 is 0 Å². The Morgan fingerprint density at radius 3 is 1.55 bits per heavy atom. The van der Waals surface area contributed by atoms with Crippen LogP contribution in [-0.4, -0.2) is 49.1 Å². The quantitative estimate of drug-likeness (QED) is 0.417. The van der Waals surface area contributed by atoms with Crippen molar-refractivity contribution in [3.63, 3.8) is 0 Å². The van der Waals surface area contributed by atoms with E-state index < -0.39 is 0 Å². The number of halogens is 4. The molecular weight excluding hydrogens is 461 g/mol. The van der Waals surface area contributed by atoms with Crippen molar-refractivity contribution >= 4 is 23.2 Å². The summed E-state index contributed by atoms with van der Waals surface area (Å²) in [6, 6.07) is 10.3. The molecule has 0 bridgehead atoms. The van der Waals surface area contributed by atoms with E-state index in [2.05, 4.69) is 23.6 Å². The molecular formula is C27H36Cl2F2N2. The molecule has 33 heavy (non-hydrogen) atoms. The minimum atomic E-state index is -0.294. The number of benzene rings is 2. The summed E-state index contributed by atoms with van der Waals surface area (Å²) in [5, 5.41) is 0.638. The van der Waals surface area contributed by atoms with E-state index in [0.717, 1.165) is 69.5 Å². The highest BCUT2D eigenvalue weighted by Gasteiger charge is 2.23. The van der Waals surface area contributed by atoms with Gasteiger partial charge in [-0.3, -0.25) is 0 Å². The second-order valence-electron chi connectivity index (χ2n) is 9.11. The van der Waals surface area contributed by atoms with Gasteiger partial charge in [0.2, 0.25) is 0 Å². The van der Waals surface area contributed by atoms with Gasteiger partial charge in [0.1, 0.15) is 11.6 Å². The van der Waals surface area contributed by atoms with Crippen molar-refractivity contribution in [1.82, 2.24) is 9.80 Å². The SMILES string of the molecule is CCCN1CCC(c2cccc(F)c2Cl)CC1.CCN1CCC(c2cccc(F)c2Cl)CC1. The molecule has 2 aliphatic rings. The molecule has 182 valence electrons. The van der Waals surface area contributed by atoms with Gasteiger partial charge in [-0.25, -0.2) is 8.78 Å². The Kier molecular flexibility index (Phi) is 10.4. The molecule has 2 aromatic carbocycles. The summed E-state index contributed by atoms with van der Waals surface area (Å²) in [6.07, 6.45) is 5.53. The fraction of sp³-hybridized carbons (Fsp3) is 0.556. The summed E-state index contributed by atoms with van der Waals surface area (Å²) in [5.74, 6) is 0.259. The van der Waals surface area contributed by atoms with Gasteiger partial charge in [-0.2, -0.15) is 0 Å². The Bertz CT molecular complexity index is 876. The highest BCUT2D eigenvalue weighted by atomic mass is 35.5. The molecule has 4 rings (SSSR count). The fourth-order valence-electron chi connectivity index (χ4n) is 5.02. The predicted octanol–water partition coefficient (Wildman–Crippen LogP) is 7.75. The monoisotopic (exact) mass is 496 g/mol. The average Bonchev–Trinajstić information content (AvgIpc) is 2.84. The van der Waals surface area contributed by atoms with Crippen LogP contribution in [0.2, 0.25) is 10.0 Å². The van der Waals surface area contributed by atoms with Crippen LogP contribution in [0.4, 0.5) is 8.78 Å². The normalized spacial score (nSPS) is 18.7. The van der Waals surface area contributed by atoms with Crippen molar-refractivity contribution in [3.05, 3.63) is 69.2 Å². The van der Waals surface area contributed by atoms with E-state index in [-0.39, 0.29) is 11.6 Å². The Balaban J connectivity index is 0.000000186. The maximum Gasteiger partial charge on any atom is 0.142 e. The minimum Gasteiger partial charge on any atom is -0.304 e. The summed E-state index contributed by atoms with van der Waals surface area (Å²) >= 11 is 12.0. The van der Waals surface area contributed by atoms with E-state index >= 15 is 0 Å². The van der Waals surface area contributed by atoms with E-state index in [0.29, 0.717) is 21.9 Å². The zero-order chi connectivity index (χ0) is 23.8. The lowest BCUT2D eigenvalue weighted by molar-refractivity contribution is 0.212. The Morgan fingerprint density at radius 1 is 0.727 bits per heavy atom. The van der Waals surface area contributed by atoms with Crippen LogP contribution in [0.25, 0.3) is 0 Å². The maximum absolute atomic E-state index is 13.4. The second kappa shape index (κ2) is 13.0. The first-order chi connectivity index (χ1) is 15.9. The maximum atomic E-state index is 13.4. The number of piperidine rings is 2. The van der Waals surface area contributed by atoms with E-state index in [1.54, 1.807) is 12.1 Å². The predicted molar refractivity (Wildman–Crippen MR) is 136 cm³/mol. The topological polar surface area (TPSA) is 6.48 Å². The van der Waals surface area contributed by atoms with Crippen LogP contribution in [0.15, 0.2) is 36.4 Å². The van der Waals surface area contributed by atoms with Gasteiger partial charge in [0, 0.05) is 0 Å². The third-order valence-electron chi connectivity index (χ3n) is 7.00. The zero-order valence-electron chi connectivity index (χ0n) is 19.8. The molecule has 2 aliphatic heterocycles. The second-order valence-corrected chi connectivity index (χ2v) is 9.87. The fourth-order valence-corrected chi connectivity index (χ4v) is 5.58. The van der Waals surface area contributed by atoms with Crippen molar-refractivity contribution in [1.29, 1.82) is 0 Å². The highest BCUT2D eigenvalue weighted by molar-refractivity contribution is 6.31. The van der Waals surface area contributed by atoms with Crippen molar-refractivity contribution in [2.45, 2.75) is 57.8 Å². The lowest BCUT2D eigenvalue weighted by atomic mass is 9.89. The molecule has 2 nitrogen and oxygen atoms in total. The average molecular weight is 498 g/mol. The molecule has 0 radical (unpaired) electrons. The minimum absolute atomic E-state index is 0.292. The molecule has 0 aliphatic carbocycles. The summed E-state index contributed by atoms with van der Waals surface area (Å²) in [5.41, 5.74) is 1.97. The first-order valence-electron chi connectivity index (χ1n) is 12.3. The van der Waals surface area contributed by atoms with Gasteiger partial charge in [0.05, 0.1) is 10.0 Å². The molecule has 0 spiro atoms. The van der Waals surface area contributed by atoms with Gasteiger partial charge in [-0.15, -0.1) is 0 Å². The smallest absolute Gasteiger partial charge is 0.142 e. The molecule has 0 saturated carbocycles. The zero-order valence-corrected chi connectivity index (χ0v) is 21.3. The number of rotatable bonds is 5. The molecule has 6 heteroatoms. The van der Waals surface area contributed by atoms with Crippen LogP contribution in [-0.2, 0) is 0 Å². The van der Waals surface area contributed by atoms with Crippen LogP contribution >= 0.6 is 23.2 Å². The van der Waals surface area contributed by atoms with E-state index in [1.165, 1.54) is 25.1 Å². The Morgan fingerprint density at radius 2 is 1.15 bits per heavy atom.